The number of nitrogens with one attached hydrogen (secondary N) is 2. The molecule has 0 saturated carbocycles. The molecule has 0 aliphatic heterocycles. The lowest BCUT2D eigenvalue weighted by atomic mass is 10.1. The van der Waals surface area contributed by atoms with Crippen LogP contribution in [0.3, 0.4) is 0 Å². The van der Waals surface area contributed by atoms with Crippen molar-refractivity contribution in [1.29, 1.82) is 0 Å². The molecule has 162 valence electrons. The number of aromatic nitrogens is 3. The maximum Gasteiger partial charge on any atom is 0.320 e. The van der Waals surface area contributed by atoms with Crippen LogP contribution >= 0.6 is 0 Å². The van der Waals surface area contributed by atoms with Gasteiger partial charge in [-0.05, 0) is 68.1 Å². The number of rotatable bonds is 7. The van der Waals surface area contributed by atoms with Gasteiger partial charge < -0.3 is 10.4 Å². The molecule has 2 aromatic carbocycles. The summed E-state index contributed by atoms with van der Waals surface area (Å²) in [7, 11) is 0. The highest BCUT2D eigenvalue weighted by atomic mass is 16.3. The van der Waals surface area contributed by atoms with E-state index in [1.54, 1.807) is 42.6 Å². The first-order valence-corrected chi connectivity index (χ1v) is 10.6. The predicted octanol–water partition coefficient (Wildman–Crippen LogP) is 4.93. The van der Waals surface area contributed by atoms with E-state index in [1.807, 2.05) is 25.1 Å². The molecule has 0 fully saturated rings. The number of fused-ring (bicyclic) bond motifs is 1. The molecule has 0 saturated heterocycles. The first-order valence-electron chi connectivity index (χ1n) is 10.6. The van der Waals surface area contributed by atoms with Crippen molar-refractivity contribution in [2.75, 3.05) is 5.32 Å². The van der Waals surface area contributed by atoms with Gasteiger partial charge in [0.25, 0.3) is 0 Å². The number of nitrogens with zero attached hydrogens (tertiary/aromatic N) is 3. The summed E-state index contributed by atoms with van der Waals surface area (Å²) in [5.74, 6) is 0.594. The van der Waals surface area contributed by atoms with Crippen LogP contribution in [0.15, 0.2) is 72.9 Å². The van der Waals surface area contributed by atoms with Crippen molar-refractivity contribution in [3.05, 3.63) is 78.5 Å². The summed E-state index contributed by atoms with van der Waals surface area (Å²) >= 11 is 0. The lowest BCUT2D eigenvalue weighted by Crippen LogP contribution is -2.36. The Bertz CT molecular complexity index is 1200. The fourth-order valence-electron chi connectivity index (χ4n) is 3.44. The second-order valence-electron chi connectivity index (χ2n) is 7.72. The van der Waals surface area contributed by atoms with Crippen LogP contribution in [0.1, 0.15) is 25.3 Å². The Balaban J connectivity index is 1.35. The van der Waals surface area contributed by atoms with E-state index in [9.17, 15) is 9.90 Å². The highest BCUT2D eigenvalue weighted by Gasteiger charge is 2.10. The third kappa shape index (κ3) is 5.57. The SMILES string of the molecule is C[C@H](CCCc1ccccc1)NC(=O)Nc1ccc2ncc(-c3ccc(O)cc3)nc2n1. The number of hydrogen-bond donors (Lipinski definition) is 3. The quantitative estimate of drug-likeness (QED) is 0.388. The molecule has 0 aliphatic carbocycles. The standard InChI is InChI=1S/C25H25N5O2/c1-17(6-5-9-18-7-3-2-4-8-18)27-25(32)30-23-15-14-21-24(29-23)28-22(16-26-21)19-10-12-20(31)13-11-19/h2-4,7-8,10-17,31H,5-6,9H2,1H3,(H2,27,28,29,30,32)/t17-/m1/s1. The van der Waals surface area contributed by atoms with E-state index < -0.39 is 0 Å². The Morgan fingerprint density at radius 1 is 1.00 bits per heavy atom. The molecule has 0 unspecified atom stereocenters. The van der Waals surface area contributed by atoms with Gasteiger partial charge in [-0.3, -0.25) is 10.3 Å². The number of pyridine rings is 1. The average Bonchev–Trinajstić information content (AvgIpc) is 2.79. The van der Waals surface area contributed by atoms with Crippen molar-refractivity contribution in [2.45, 2.75) is 32.2 Å². The van der Waals surface area contributed by atoms with Crippen LogP contribution < -0.4 is 10.6 Å². The molecule has 4 rings (SSSR count). The van der Waals surface area contributed by atoms with Crippen LogP contribution in [0.25, 0.3) is 22.4 Å². The number of carbonyl (C=O) groups excluding carboxylic acids is 1. The van der Waals surface area contributed by atoms with Crippen LogP contribution in [0, 0.1) is 0 Å². The third-order valence-corrected chi connectivity index (χ3v) is 5.13. The fourth-order valence-corrected chi connectivity index (χ4v) is 3.44. The van der Waals surface area contributed by atoms with Crippen LogP contribution in [0.5, 0.6) is 5.75 Å². The van der Waals surface area contributed by atoms with Gasteiger partial charge in [0.15, 0.2) is 5.65 Å². The van der Waals surface area contributed by atoms with Crippen molar-refractivity contribution in [3.63, 3.8) is 0 Å². The van der Waals surface area contributed by atoms with Crippen LogP contribution in [0.4, 0.5) is 10.6 Å². The third-order valence-electron chi connectivity index (χ3n) is 5.13. The molecule has 7 heteroatoms. The van der Waals surface area contributed by atoms with Gasteiger partial charge in [0.1, 0.15) is 17.1 Å². The number of amides is 2. The predicted molar refractivity (Wildman–Crippen MR) is 125 cm³/mol. The summed E-state index contributed by atoms with van der Waals surface area (Å²) in [4.78, 5) is 25.8. The minimum absolute atomic E-state index is 0.0417. The van der Waals surface area contributed by atoms with E-state index >= 15 is 0 Å². The smallest absolute Gasteiger partial charge is 0.320 e. The number of aryl methyl sites for hydroxylation is 1. The van der Waals surface area contributed by atoms with E-state index in [0.29, 0.717) is 22.7 Å². The van der Waals surface area contributed by atoms with Gasteiger partial charge >= 0.3 is 6.03 Å². The van der Waals surface area contributed by atoms with Gasteiger partial charge in [0, 0.05) is 11.6 Å². The van der Waals surface area contributed by atoms with E-state index in [0.717, 1.165) is 24.8 Å². The van der Waals surface area contributed by atoms with Gasteiger partial charge in [0.05, 0.1) is 11.9 Å². The fraction of sp³-hybridized carbons (Fsp3) is 0.200. The number of benzene rings is 2. The second-order valence-corrected chi connectivity index (χ2v) is 7.72. The number of aromatic hydroxyl groups is 1. The zero-order chi connectivity index (χ0) is 22.3. The van der Waals surface area contributed by atoms with Gasteiger partial charge in [-0.15, -0.1) is 0 Å². The maximum absolute atomic E-state index is 12.4. The lowest BCUT2D eigenvalue weighted by molar-refractivity contribution is 0.248. The first-order chi connectivity index (χ1) is 15.6. The summed E-state index contributed by atoms with van der Waals surface area (Å²) in [5, 5.41) is 15.2. The van der Waals surface area contributed by atoms with Crippen molar-refractivity contribution in [2.24, 2.45) is 0 Å². The Hall–Kier alpha value is -4.00. The summed E-state index contributed by atoms with van der Waals surface area (Å²) in [6.45, 7) is 1.99. The summed E-state index contributed by atoms with van der Waals surface area (Å²) in [6.07, 6.45) is 4.53. The van der Waals surface area contributed by atoms with Crippen LogP contribution in [-0.4, -0.2) is 32.1 Å². The molecular weight excluding hydrogens is 402 g/mol. The van der Waals surface area contributed by atoms with Gasteiger partial charge in [-0.25, -0.2) is 14.8 Å². The van der Waals surface area contributed by atoms with Crippen molar-refractivity contribution in [3.8, 4) is 17.0 Å². The van der Waals surface area contributed by atoms with Gasteiger partial charge in [-0.1, -0.05) is 30.3 Å². The van der Waals surface area contributed by atoms with E-state index in [2.05, 4.69) is 37.7 Å². The van der Waals surface area contributed by atoms with Gasteiger partial charge in [-0.2, -0.15) is 0 Å². The van der Waals surface area contributed by atoms with Crippen LogP contribution in [0.2, 0.25) is 0 Å². The molecular formula is C25H25N5O2. The van der Waals surface area contributed by atoms with Gasteiger partial charge in [0.2, 0.25) is 0 Å². The Labute approximate surface area is 186 Å². The molecule has 0 aliphatic rings. The molecule has 4 aromatic rings. The summed E-state index contributed by atoms with van der Waals surface area (Å²) in [5.41, 5.74) is 3.83. The molecule has 2 heterocycles. The zero-order valence-corrected chi connectivity index (χ0v) is 17.8. The summed E-state index contributed by atoms with van der Waals surface area (Å²) in [6, 6.07) is 20.3. The number of anilines is 1. The topological polar surface area (TPSA) is 100 Å². The molecule has 32 heavy (non-hydrogen) atoms. The highest BCUT2D eigenvalue weighted by Crippen LogP contribution is 2.21. The van der Waals surface area contributed by atoms with Crippen molar-refractivity contribution in [1.82, 2.24) is 20.3 Å². The van der Waals surface area contributed by atoms with E-state index in [-0.39, 0.29) is 17.8 Å². The molecule has 2 amide bonds. The summed E-state index contributed by atoms with van der Waals surface area (Å²) < 4.78 is 0. The van der Waals surface area contributed by atoms with Crippen molar-refractivity contribution < 1.29 is 9.90 Å². The molecule has 3 N–H and O–H groups in total. The maximum atomic E-state index is 12.4. The number of phenols is 1. The van der Waals surface area contributed by atoms with E-state index in [1.165, 1.54) is 5.56 Å². The average molecular weight is 428 g/mol. The van der Waals surface area contributed by atoms with Crippen LogP contribution in [-0.2, 0) is 6.42 Å². The molecule has 7 nitrogen and oxygen atoms in total. The molecule has 1 atom stereocenters. The Kier molecular flexibility index (Phi) is 6.55. The van der Waals surface area contributed by atoms with Crippen molar-refractivity contribution >= 4 is 23.0 Å². The monoisotopic (exact) mass is 427 g/mol. The lowest BCUT2D eigenvalue weighted by Gasteiger charge is -2.14. The molecule has 0 spiro atoms. The molecule has 0 radical (unpaired) electrons. The normalized spacial score (nSPS) is 11.8. The minimum atomic E-state index is -0.299. The number of urea groups is 1. The largest absolute Gasteiger partial charge is 0.508 e. The Morgan fingerprint density at radius 3 is 2.56 bits per heavy atom. The molecule has 0 bridgehead atoms. The molecule has 2 aromatic heterocycles. The number of carbonyl (C=O) groups is 1. The number of phenolic OH excluding ortho intramolecular Hbond substituents is 1. The van der Waals surface area contributed by atoms with E-state index in [4.69, 9.17) is 0 Å². The Morgan fingerprint density at radius 2 is 1.78 bits per heavy atom. The first kappa shape index (κ1) is 21.2. The zero-order valence-electron chi connectivity index (χ0n) is 17.8. The second kappa shape index (κ2) is 9.87. The number of hydrogen-bond acceptors (Lipinski definition) is 5. The highest BCUT2D eigenvalue weighted by molar-refractivity contribution is 5.89. The minimum Gasteiger partial charge on any atom is -0.508 e.